The molecule has 22 heavy (non-hydrogen) atoms. The van der Waals surface area contributed by atoms with Crippen LogP contribution in [0.25, 0.3) is 0 Å². The molecule has 122 valence electrons. The molecule has 9 heteroatoms. The SMILES string of the molecule is CCOC(=O)CN(CC)C(=O)Cn1nc(C)c([N+](=O)[O-])c1C. The van der Waals surface area contributed by atoms with E-state index in [4.69, 9.17) is 4.74 Å². The van der Waals surface area contributed by atoms with Gasteiger partial charge in [-0.2, -0.15) is 5.10 Å². The van der Waals surface area contributed by atoms with Crippen LogP contribution in [0.15, 0.2) is 0 Å². The van der Waals surface area contributed by atoms with Crippen LogP contribution in [0, 0.1) is 24.0 Å². The van der Waals surface area contributed by atoms with Gasteiger partial charge in [0.05, 0.1) is 11.5 Å². The van der Waals surface area contributed by atoms with E-state index in [-0.39, 0.29) is 37.0 Å². The fourth-order valence-electron chi connectivity index (χ4n) is 2.07. The highest BCUT2D eigenvalue weighted by atomic mass is 16.6. The lowest BCUT2D eigenvalue weighted by Crippen LogP contribution is -2.38. The normalized spacial score (nSPS) is 10.4. The molecule has 0 aliphatic rings. The minimum atomic E-state index is -0.519. The Kier molecular flexibility index (Phi) is 6.02. The van der Waals surface area contributed by atoms with Crippen LogP contribution in [-0.2, 0) is 20.9 Å². The Bertz CT molecular complexity index is 581. The number of amides is 1. The fraction of sp³-hybridized carbons (Fsp3) is 0.615. The molecule has 1 amide bonds. The zero-order valence-corrected chi connectivity index (χ0v) is 13.2. The summed E-state index contributed by atoms with van der Waals surface area (Å²) in [6.45, 7) is 6.74. The van der Waals surface area contributed by atoms with Crippen LogP contribution in [0.2, 0.25) is 0 Å². The van der Waals surface area contributed by atoms with Crippen molar-refractivity contribution in [2.45, 2.75) is 34.2 Å². The lowest BCUT2D eigenvalue weighted by atomic mass is 10.3. The first-order valence-electron chi connectivity index (χ1n) is 6.93. The molecule has 9 nitrogen and oxygen atoms in total. The number of likely N-dealkylation sites (N-methyl/N-ethyl adjacent to an activating group) is 1. The van der Waals surface area contributed by atoms with Crippen molar-refractivity contribution in [3.63, 3.8) is 0 Å². The standard InChI is InChI=1S/C13H20N4O5/c1-5-15(8-12(19)22-6-2)11(18)7-16-10(4)13(17(20)21)9(3)14-16/h5-8H2,1-4H3. The van der Waals surface area contributed by atoms with Crippen molar-refractivity contribution >= 4 is 17.6 Å². The molecule has 0 aromatic carbocycles. The number of rotatable bonds is 7. The first kappa shape index (κ1) is 17.6. The second kappa shape index (κ2) is 7.53. The number of nitro groups is 1. The Hall–Kier alpha value is -2.45. The van der Waals surface area contributed by atoms with Gasteiger partial charge < -0.3 is 9.64 Å². The maximum absolute atomic E-state index is 12.2. The summed E-state index contributed by atoms with van der Waals surface area (Å²) in [7, 11) is 0. The van der Waals surface area contributed by atoms with E-state index in [1.165, 1.54) is 23.4 Å². The van der Waals surface area contributed by atoms with E-state index >= 15 is 0 Å². The van der Waals surface area contributed by atoms with Crippen LogP contribution in [0.1, 0.15) is 25.2 Å². The molecule has 0 N–H and O–H groups in total. The minimum Gasteiger partial charge on any atom is -0.465 e. The van der Waals surface area contributed by atoms with Crippen LogP contribution in [0.5, 0.6) is 0 Å². The van der Waals surface area contributed by atoms with Gasteiger partial charge in [0.2, 0.25) is 5.91 Å². The minimum absolute atomic E-state index is 0.0961. The van der Waals surface area contributed by atoms with Gasteiger partial charge >= 0.3 is 11.7 Å². The van der Waals surface area contributed by atoms with E-state index < -0.39 is 10.9 Å². The highest BCUT2D eigenvalue weighted by Gasteiger charge is 2.24. The third-order valence-corrected chi connectivity index (χ3v) is 3.17. The summed E-state index contributed by atoms with van der Waals surface area (Å²) in [4.78, 5) is 35.4. The molecule has 1 aromatic heterocycles. The van der Waals surface area contributed by atoms with Gasteiger partial charge in [-0.1, -0.05) is 0 Å². The molecule has 0 aliphatic heterocycles. The number of esters is 1. The Labute approximate surface area is 128 Å². The smallest absolute Gasteiger partial charge is 0.325 e. The van der Waals surface area contributed by atoms with E-state index in [0.717, 1.165) is 0 Å². The summed E-state index contributed by atoms with van der Waals surface area (Å²) in [5, 5.41) is 15.0. The van der Waals surface area contributed by atoms with Gasteiger partial charge in [0, 0.05) is 6.54 Å². The number of hydrogen-bond acceptors (Lipinski definition) is 6. The van der Waals surface area contributed by atoms with Crippen LogP contribution >= 0.6 is 0 Å². The third kappa shape index (κ3) is 4.03. The molecule has 0 aliphatic carbocycles. The number of aromatic nitrogens is 2. The van der Waals surface area contributed by atoms with Gasteiger partial charge in [-0.05, 0) is 27.7 Å². The molecule has 0 bridgehead atoms. The van der Waals surface area contributed by atoms with Crippen molar-refractivity contribution in [2.24, 2.45) is 0 Å². The largest absolute Gasteiger partial charge is 0.465 e. The number of carbonyl (C=O) groups excluding carboxylic acids is 2. The quantitative estimate of drug-likeness (QED) is 0.419. The molecule has 0 unspecified atom stereocenters. The summed E-state index contributed by atoms with van der Waals surface area (Å²) in [6.07, 6.45) is 0. The van der Waals surface area contributed by atoms with Crippen molar-refractivity contribution < 1.29 is 19.2 Å². The van der Waals surface area contributed by atoms with Crippen molar-refractivity contribution in [2.75, 3.05) is 19.7 Å². The van der Waals surface area contributed by atoms with E-state index in [2.05, 4.69) is 5.10 Å². The van der Waals surface area contributed by atoms with Crippen molar-refractivity contribution in [3.05, 3.63) is 21.5 Å². The zero-order chi connectivity index (χ0) is 16.9. The van der Waals surface area contributed by atoms with E-state index in [1.54, 1.807) is 13.8 Å². The van der Waals surface area contributed by atoms with Gasteiger partial charge in [0.15, 0.2) is 0 Å². The molecule has 1 heterocycles. The predicted molar refractivity (Wildman–Crippen MR) is 77.2 cm³/mol. The van der Waals surface area contributed by atoms with Crippen molar-refractivity contribution in [3.8, 4) is 0 Å². The number of aryl methyl sites for hydroxylation is 1. The van der Waals surface area contributed by atoms with Gasteiger partial charge in [-0.3, -0.25) is 24.4 Å². The Morgan fingerprint density at radius 3 is 2.45 bits per heavy atom. The summed E-state index contributed by atoms with van der Waals surface area (Å²) in [6, 6.07) is 0. The molecule has 0 atom stereocenters. The molecule has 1 rings (SSSR count). The predicted octanol–water partition coefficient (Wildman–Crippen LogP) is 0.820. The Morgan fingerprint density at radius 2 is 2.00 bits per heavy atom. The molecule has 0 saturated carbocycles. The molecule has 0 spiro atoms. The monoisotopic (exact) mass is 312 g/mol. The number of ether oxygens (including phenoxy) is 1. The molecule has 0 saturated heterocycles. The zero-order valence-electron chi connectivity index (χ0n) is 13.2. The molecular weight excluding hydrogens is 292 g/mol. The molecule has 0 fully saturated rings. The average Bonchev–Trinajstić information content (AvgIpc) is 2.70. The van der Waals surface area contributed by atoms with Crippen LogP contribution in [-0.4, -0.2) is 51.2 Å². The molecule has 1 aromatic rings. The number of hydrogen-bond donors (Lipinski definition) is 0. The van der Waals surface area contributed by atoms with E-state index in [9.17, 15) is 19.7 Å². The van der Waals surface area contributed by atoms with Crippen LogP contribution in [0.4, 0.5) is 5.69 Å². The summed E-state index contributed by atoms with van der Waals surface area (Å²) in [5.41, 5.74) is 0.466. The van der Waals surface area contributed by atoms with Crippen LogP contribution < -0.4 is 0 Å². The van der Waals surface area contributed by atoms with Gasteiger partial charge in [0.25, 0.3) is 0 Å². The molecular formula is C13H20N4O5. The first-order chi connectivity index (χ1) is 10.3. The van der Waals surface area contributed by atoms with Crippen LogP contribution in [0.3, 0.4) is 0 Å². The topological polar surface area (TPSA) is 108 Å². The lowest BCUT2D eigenvalue weighted by Gasteiger charge is -2.19. The van der Waals surface area contributed by atoms with Crippen molar-refractivity contribution in [1.82, 2.24) is 14.7 Å². The van der Waals surface area contributed by atoms with Crippen molar-refractivity contribution in [1.29, 1.82) is 0 Å². The van der Waals surface area contributed by atoms with E-state index in [0.29, 0.717) is 12.2 Å². The lowest BCUT2D eigenvalue weighted by molar-refractivity contribution is -0.386. The maximum Gasteiger partial charge on any atom is 0.325 e. The van der Waals surface area contributed by atoms with Gasteiger partial charge in [-0.15, -0.1) is 0 Å². The van der Waals surface area contributed by atoms with Gasteiger partial charge in [0.1, 0.15) is 24.5 Å². The Balaban J connectivity index is 2.85. The molecule has 0 radical (unpaired) electrons. The number of carbonyl (C=O) groups is 2. The van der Waals surface area contributed by atoms with E-state index in [1.807, 2.05) is 0 Å². The summed E-state index contributed by atoms with van der Waals surface area (Å²) < 4.78 is 6.09. The summed E-state index contributed by atoms with van der Waals surface area (Å²) >= 11 is 0. The fourth-order valence-corrected chi connectivity index (χ4v) is 2.07. The highest BCUT2D eigenvalue weighted by molar-refractivity contribution is 5.82. The third-order valence-electron chi connectivity index (χ3n) is 3.17. The average molecular weight is 312 g/mol. The maximum atomic E-state index is 12.2. The first-order valence-corrected chi connectivity index (χ1v) is 6.93. The Morgan fingerprint density at radius 1 is 1.36 bits per heavy atom. The second-order valence-corrected chi connectivity index (χ2v) is 4.65. The number of nitrogens with zero attached hydrogens (tertiary/aromatic N) is 4. The van der Waals surface area contributed by atoms with Gasteiger partial charge in [-0.25, -0.2) is 0 Å². The second-order valence-electron chi connectivity index (χ2n) is 4.65. The highest BCUT2D eigenvalue weighted by Crippen LogP contribution is 2.21. The summed E-state index contributed by atoms with van der Waals surface area (Å²) in [5.74, 6) is -0.840.